The molecule has 0 aromatic heterocycles. The molecule has 1 aromatic carbocycles. The second-order valence-corrected chi connectivity index (χ2v) is 6.37. The molecule has 1 unspecified atom stereocenters. The van der Waals surface area contributed by atoms with Crippen molar-refractivity contribution in [3.8, 4) is 5.75 Å². The summed E-state index contributed by atoms with van der Waals surface area (Å²) < 4.78 is 10.6. The van der Waals surface area contributed by atoms with Crippen molar-refractivity contribution < 1.29 is 19.4 Å². The average Bonchev–Trinajstić information content (AvgIpc) is 2.89. The van der Waals surface area contributed by atoms with Crippen LogP contribution in [0.25, 0.3) is 5.57 Å². The number of aliphatic hydroxyl groups excluding tert-OH is 1. The number of aliphatic hydroxyl groups is 1. The minimum absolute atomic E-state index is 0.0504. The van der Waals surface area contributed by atoms with Crippen LogP contribution in [-0.2, 0) is 9.53 Å². The third-order valence-electron chi connectivity index (χ3n) is 3.19. The Bertz CT molecular complexity index is 560. The molecule has 0 saturated carbocycles. The number of hydrogen-bond acceptors (Lipinski definition) is 5. The third kappa shape index (κ3) is 4.86. The Morgan fingerprint density at radius 2 is 2.09 bits per heavy atom. The predicted molar refractivity (Wildman–Crippen MR) is 84.6 cm³/mol. The number of carbonyl (C=O) groups is 1. The second-order valence-electron chi connectivity index (χ2n) is 6.37. The predicted octanol–water partition coefficient (Wildman–Crippen LogP) is 1.75. The van der Waals surface area contributed by atoms with Crippen molar-refractivity contribution in [2.45, 2.75) is 32.4 Å². The monoisotopic (exact) mass is 305 g/mol. The van der Waals surface area contributed by atoms with Crippen LogP contribution in [0.2, 0.25) is 0 Å². The molecule has 0 radical (unpaired) electrons. The van der Waals surface area contributed by atoms with E-state index in [0.29, 0.717) is 12.3 Å². The first-order valence-corrected chi connectivity index (χ1v) is 7.38. The number of hydrogen-bond donors (Lipinski definition) is 2. The van der Waals surface area contributed by atoms with E-state index in [2.05, 4.69) is 5.32 Å². The van der Waals surface area contributed by atoms with Gasteiger partial charge >= 0.3 is 5.97 Å². The van der Waals surface area contributed by atoms with Crippen molar-refractivity contribution in [3.63, 3.8) is 0 Å². The smallest absolute Gasteiger partial charge is 0.331 e. The molecule has 0 bridgehead atoms. The van der Waals surface area contributed by atoms with Gasteiger partial charge in [-0.25, -0.2) is 4.79 Å². The average molecular weight is 305 g/mol. The molecule has 0 saturated heterocycles. The molecule has 2 N–H and O–H groups in total. The number of nitrogens with one attached hydrogen (secondary N) is 1. The van der Waals surface area contributed by atoms with E-state index in [4.69, 9.17) is 9.47 Å². The van der Waals surface area contributed by atoms with Gasteiger partial charge in [-0.2, -0.15) is 0 Å². The molecule has 0 fully saturated rings. The first-order valence-electron chi connectivity index (χ1n) is 7.38. The van der Waals surface area contributed by atoms with Crippen molar-refractivity contribution in [2.75, 3.05) is 19.8 Å². The molecule has 1 aliphatic rings. The summed E-state index contributed by atoms with van der Waals surface area (Å²) in [7, 11) is 0. The molecule has 5 heteroatoms. The van der Waals surface area contributed by atoms with E-state index in [1.54, 1.807) is 0 Å². The van der Waals surface area contributed by atoms with E-state index in [-0.39, 0.29) is 24.7 Å². The van der Waals surface area contributed by atoms with Crippen LogP contribution in [0, 0.1) is 0 Å². The van der Waals surface area contributed by atoms with E-state index in [0.717, 1.165) is 11.1 Å². The van der Waals surface area contributed by atoms with Crippen LogP contribution < -0.4 is 10.1 Å². The Balaban J connectivity index is 1.96. The first kappa shape index (κ1) is 16.5. The minimum atomic E-state index is -0.609. The maximum Gasteiger partial charge on any atom is 0.331 e. The lowest BCUT2D eigenvalue weighted by molar-refractivity contribution is -0.134. The van der Waals surface area contributed by atoms with Crippen molar-refractivity contribution in [3.05, 3.63) is 35.9 Å². The molecule has 120 valence electrons. The van der Waals surface area contributed by atoms with Gasteiger partial charge in [0.2, 0.25) is 0 Å². The number of ether oxygens (including phenoxy) is 2. The Morgan fingerprint density at radius 1 is 1.36 bits per heavy atom. The lowest BCUT2D eigenvalue weighted by atomic mass is 10.1. The van der Waals surface area contributed by atoms with Crippen molar-refractivity contribution in [2.24, 2.45) is 0 Å². The van der Waals surface area contributed by atoms with Gasteiger partial charge in [-0.3, -0.25) is 0 Å². The SMILES string of the molecule is CC(C)(C)NCC(O)COc1ccccc1C1=CC(=O)OC1. The van der Waals surface area contributed by atoms with Gasteiger partial charge in [0, 0.05) is 29.3 Å². The summed E-state index contributed by atoms with van der Waals surface area (Å²) in [6.45, 7) is 7.02. The van der Waals surface area contributed by atoms with Crippen LogP contribution in [0.3, 0.4) is 0 Å². The van der Waals surface area contributed by atoms with E-state index in [9.17, 15) is 9.90 Å². The number of cyclic esters (lactones) is 1. The molecule has 5 nitrogen and oxygen atoms in total. The Kier molecular flexibility index (Phi) is 5.21. The summed E-state index contributed by atoms with van der Waals surface area (Å²) >= 11 is 0. The van der Waals surface area contributed by atoms with Gasteiger partial charge in [0.05, 0.1) is 0 Å². The maximum atomic E-state index is 11.2. The molecule has 1 heterocycles. The molecule has 1 atom stereocenters. The lowest BCUT2D eigenvalue weighted by Gasteiger charge is -2.23. The molecular weight excluding hydrogens is 282 g/mol. The van der Waals surface area contributed by atoms with Crippen LogP contribution in [-0.4, -0.2) is 42.5 Å². The summed E-state index contributed by atoms with van der Waals surface area (Å²) in [6, 6.07) is 7.44. The summed E-state index contributed by atoms with van der Waals surface area (Å²) in [6.07, 6.45) is 0.863. The maximum absolute atomic E-state index is 11.2. The molecule has 0 spiro atoms. The first-order chi connectivity index (χ1) is 10.3. The highest BCUT2D eigenvalue weighted by Crippen LogP contribution is 2.28. The molecule has 22 heavy (non-hydrogen) atoms. The molecule has 2 rings (SSSR count). The van der Waals surface area contributed by atoms with Crippen LogP contribution in [0.1, 0.15) is 26.3 Å². The Labute approximate surface area is 130 Å². The van der Waals surface area contributed by atoms with Crippen LogP contribution in [0.4, 0.5) is 0 Å². The minimum Gasteiger partial charge on any atom is -0.490 e. The van der Waals surface area contributed by atoms with Gasteiger partial charge in [-0.05, 0) is 26.8 Å². The summed E-state index contributed by atoms with van der Waals surface area (Å²) in [4.78, 5) is 11.2. The van der Waals surface area contributed by atoms with E-state index < -0.39 is 6.10 Å². The normalized spacial score (nSPS) is 16.2. The number of esters is 1. The van der Waals surface area contributed by atoms with Gasteiger partial charge in [0.25, 0.3) is 0 Å². The summed E-state index contributed by atoms with van der Waals surface area (Å²) in [5.41, 5.74) is 1.57. The fourth-order valence-corrected chi connectivity index (χ4v) is 2.06. The fourth-order valence-electron chi connectivity index (χ4n) is 2.06. The highest BCUT2D eigenvalue weighted by atomic mass is 16.5. The van der Waals surface area contributed by atoms with Crippen LogP contribution in [0.15, 0.2) is 30.3 Å². The number of carbonyl (C=O) groups excluding carboxylic acids is 1. The number of rotatable bonds is 6. The van der Waals surface area contributed by atoms with E-state index >= 15 is 0 Å². The highest BCUT2D eigenvalue weighted by molar-refractivity contribution is 5.96. The molecule has 1 aromatic rings. The lowest BCUT2D eigenvalue weighted by Crippen LogP contribution is -2.42. The highest BCUT2D eigenvalue weighted by Gasteiger charge is 2.18. The topological polar surface area (TPSA) is 67.8 Å². The second kappa shape index (κ2) is 6.94. The van der Waals surface area contributed by atoms with Crippen LogP contribution >= 0.6 is 0 Å². The third-order valence-corrected chi connectivity index (χ3v) is 3.19. The standard InChI is InChI=1S/C17H23NO4/c1-17(2,3)18-9-13(19)11-21-15-7-5-4-6-14(15)12-8-16(20)22-10-12/h4-8,13,18-19H,9-11H2,1-3H3. The molecule has 0 amide bonds. The number of para-hydroxylation sites is 1. The largest absolute Gasteiger partial charge is 0.490 e. The van der Waals surface area contributed by atoms with E-state index in [1.165, 1.54) is 6.08 Å². The van der Waals surface area contributed by atoms with Gasteiger partial charge in [-0.15, -0.1) is 0 Å². The van der Waals surface area contributed by atoms with Gasteiger partial charge in [0.1, 0.15) is 25.1 Å². The molecular formula is C17H23NO4. The Morgan fingerprint density at radius 3 is 2.73 bits per heavy atom. The quantitative estimate of drug-likeness (QED) is 0.784. The summed E-state index contributed by atoms with van der Waals surface area (Å²) in [5.74, 6) is 0.307. The van der Waals surface area contributed by atoms with Crippen molar-refractivity contribution >= 4 is 11.5 Å². The zero-order chi connectivity index (χ0) is 16.2. The van der Waals surface area contributed by atoms with Crippen molar-refractivity contribution in [1.29, 1.82) is 0 Å². The van der Waals surface area contributed by atoms with Crippen LogP contribution in [0.5, 0.6) is 5.75 Å². The zero-order valence-corrected chi connectivity index (χ0v) is 13.3. The fraction of sp³-hybridized carbons (Fsp3) is 0.471. The Hall–Kier alpha value is -1.85. The van der Waals surface area contributed by atoms with Gasteiger partial charge in [-0.1, -0.05) is 18.2 Å². The molecule has 0 aliphatic carbocycles. The van der Waals surface area contributed by atoms with Gasteiger partial charge < -0.3 is 19.9 Å². The van der Waals surface area contributed by atoms with E-state index in [1.807, 2.05) is 45.0 Å². The zero-order valence-electron chi connectivity index (χ0n) is 13.3. The number of β-amino-alcohol motifs (C(OH)–C–C–N with tert-alkyl or cyclic N) is 1. The molecule has 1 aliphatic heterocycles. The summed E-state index contributed by atoms with van der Waals surface area (Å²) in [5, 5.41) is 13.2. The van der Waals surface area contributed by atoms with Gasteiger partial charge in [0.15, 0.2) is 0 Å². The van der Waals surface area contributed by atoms with Crippen molar-refractivity contribution in [1.82, 2.24) is 5.32 Å². The number of benzene rings is 1.